The van der Waals surface area contributed by atoms with Gasteiger partial charge in [-0.05, 0) is 0 Å². The van der Waals surface area contributed by atoms with Crippen LogP contribution in [0, 0.1) is 0 Å². The SMILES string of the molecule is O=S(=O)(Nc1cccc2n[se]nc12)c1ccc(CBr)cc1. The topological polar surface area (TPSA) is 72.0 Å². The molecule has 0 aliphatic heterocycles. The molecule has 1 N–H and O–H groups in total. The molecule has 0 radical (unpaired) electrons. The van der Waals surface area contributed by atoms with Crippen molar-refractivity contribution in [3.8, 4) is 0 Å². The maximum atomic E-state index is 12.4. The molecule has 3 rings (SSSR count). The first-order valence-electron chi connectivity index (χ1n) is 5.99. The molecule has 1 heterocycles. The molecule has 2 aromatic carbocycles. The van der Waals surface area contributed by atoms with Gasteiger partial charge in [-0.1, -0.05) is 0 Å². The number of anilines is 1. The number of nitrogens with zero attached hydrogens (tertiary/aromatic N) is 2. The van der Waals surface area contributed by atoms with Gasteiger partial charge in [-0.25, -0.2) is 0 Å². The van der Waals surface area contributed by atoms with Crippen LogP contribution >= 0.6 is 15.9 Å². The zero-order chi connectivity index (χ0) is 14.9. The fourth-order valence-electron chi connectivity index (χ4n) is 1.85. The van der Waals surface area contributed by atoms with Crippen LogP contribution in [0.15, 0.2) is 47.4 Å². The minimum absolute atomic E-state index is 0.193. The van der Waals surface area contributed by atoms with E-state index in [1.54, 1.807) is 36.4 Å². The Morgan fingerprint density at radius 1 is 1.10 bits per heavy atom. The summed E-state index contributed by atoms with van der Waals surface area (Å²) in [4.78, 5) is 0.227. The first-order chi connectivity index (χ1) is 10.1. The number of rotatable bonds is 4. The van der Waals surface area contributed by atoms with Crippen molar-refractivity contribution in [2.24, 2.45) is 0 Å². The van der Waals surface area contributed by atoms with E-state index in [1.807, 2.05) is 6.07 Å². The number of hydrogen-bond donors (Lipinski definition) is 1. The van der Waals surface area contributed by atoms with Crippen molar-refractivity contribution < 1.29 is 8.42 Å². The Kier molecular flexibility index (Phi) is 4.12. The number of benzene rings is 2. The van der Waals surface area contributed by atoms with Crippen LogP contribution in [0.3, 0.4) is 0 Å². The molecule has 1 aromatic heterocycles. The Morgan fingerprint density at radius 2 is 1.86 bits per heavy atom. The molecular formula is C13H10BrN3O2SSe. The number of sulfonamides is 1. The van der Waals surface area contributed by atoms with Gasteiger partial charge in [0, 0.05) is 0 Å². The molecule has 0 fully saturated rings. The van der Waals surface area contributed by atoms with E-state index in [4.69, 9.17) is 0 Å². The zero-order valence-corrected chi connectivity index (χ0v) is 14.8. The van der Waals surface area contributed by atoms with E-state index >= 15 is 0 Å². The molecule has 0 aliphatic carbocycles. The fourth-order valence-corrected chi connectivity index (χ4v) is 4.44. The molecule has 0 saturated carbocycles. The average molecular weight is 431 g/mol. The van der Waals surface area contributed by atoms with Gasteiger partial charge in [0.1, 0.15) is 0 Å². The summed E-state index contributed by atoms with van der Waals surface area (Å²) >= 11 is 3.14. The van der Waals surface area contributed by atoms with Crippen molar-refractivity contribution in [2.45, 2.75) is 10.2 Å². The third kappa shape index (κ3) is 3.03. The summed E-state index contributed by atoms with van der Waals surface area (Å²) in [6.45, 7) is 0. The van der Waals surface area contributed by atoms with Crippen molar-refractivity contribution in [3.05, 3.63) is 48.0 Å². The van der Waals surface area contributed by atoms with Crippen molar-refractivity contribution in [1.29, 1.82) is 0 Å². The Bertz CT molecular complexity index is 878. The van der Waals surface area contributed by atoms with E-state index in [0.717, 1.165) is 11.1 Å². The summed E-state index contributed by atoms with van der Waals surface area (Å²) < 4.78 is 35.9. The molecule has 8 heteroatoms. The van der Waals surface area contributed by atoms with Gasteiger partial charge in [0.15, 0.2) is 0 Å². The van der Waals surface area contributed by atoms with Gasteiger partial charge < -0.3 is 0 Å². The standard InChI is InChI=1S/C13H10BrN3O2SSe/c14-8-9-4-6-10(7-5-9)20(18,19)15-11-2-1-3-12-13(11)17-21-16-12/h1-7,15H,8H2. The molecule has 0 amide bonds. The summed E-state index contributed by atoms with van der Waals surface area (Å²) in [5.74, 6) is 0. The second-order valence-corrected chi connectivity index (χ2v) is 7.67. The summed E-state index contributed by atoms with van der Waals surface area (Å²) in [5.41, 5.74) is 2.86. The van der Waals surface area contributed by atoms with Gasteiger partial charge in [-0.2, -0.15) is 0 Å². The molecule has 108 valence electrons. The van der Waals surface area contributed by atoms with Crippen LogP contribution in [0.25, 0.3) is 11.0 Å². The van der Waals surface area contributed by atoms with E-state index in [1.165, 1.54) is 0 Å². The predicted octanol–water partition coefficient (Wildman–Crippen LogP) is 2.38. The quantitative estimate of drug-likeness (QED) is 0.509. The predicted molar refractivity (Wildman–Crippen MR) is 86.4 cm³/mol. The van der Waals surface area contributed by atoms with Crippen molar-refractivity contribution in [3.63, 3.8) is 0 Å². The molecule has 0 saturated heterocycles. The van der Waals surface area contributed by atoms with Crippen LogP contribution in [-0.4, -0.2) is 31.3 Å². The number of hydrogen-bond acceptors (Lipinski definition) is 4. The van der Waals surface area contributed by atoms with Crippen LogP contribution in [0.1, 0.15) is 5.56 Å². The van der Waals surface area contributed by atoms with Gasteiger partial charge in [-0.3, -0.25) is 0 Å². The normalized spacial score (nSPS) is 11.7. The molecule has 3 aromatic rings. The fraction of sp³-hybridized carbons (Fsp3) is 0.0769. The van der Waals surface area contributed by atoms with Crippen LogP contribution in [0.5, 0.6) is 0 Å². The Morgan fingerprint density at radius 3 is 2.57 bits per heavy atom. The molecule has 21 heavy (non-hydrogen) atoms. The van der Waals surface area contributed by atoms with E-state index in [2.05, 4.69) is 28.6 Å². The molecular weight excluding hydrogens is 421 g/mol. The van der Waals surface area contributed by atoms with E-state index in [9.17, 15) is 8.42 Å². The van der Waals surface area contributed by atoms with Gasteiger partial charge >= 0.3 is 137 Å². The zero-order valence-electron chi connectivity index (χ0n) is 10.7. The molecule has 0 bridgehead atoms. The van der Waals surface area contributed by atoms with Crippen molar-refractivity contribution in [1.82, 2.24) is 7.96 Å². The monoisotopic (exact) mass is 431 g/mol. The third-order valence-corrected chi connectivity index (χ3v) is 6.09. The van der Waals surface area contributed by atoms with Crippen LogP contribution in [0.2, 0.25) is 0 Å². The summed E-state index contributed by atoms with van der Waals surface area (Å²) in [6, 6.07) is 12.0. The van der Waals surface area contributed by atoms with Gasteiger partial charge in [0.2, 0.25) is 0 Å². The summed E-state index contributed by atoms with van der Waals surface area (Å²) in [7, 11) is -3.62. The van der Waals surface area contributed by atoms with Gasteiger partial charge in [0.05, 0.1) is 0 Å². The minimum atomic E-state index is -3.62. The van der Waals surface area contributed by atoms with Crippen LogP contribution in [-0.2, 0) is 15.4 Å². The van der Waals surface area contributed by atoms with Gasteiger partial charge in [0.25, 0.3) is 0 Å². The molecule has 5 nitrogen and oxygen atoms in total. The number of fused-ring (bicyclic) bond motifs is 1. The Balaban J connectivity index is 1.97. The Hall–Kier alpha value is -1.21. The average Bonchev–Trinajstić information content (AvgIpc) is 2.97. The first-order valence-corrected chi connectivity index (χ1v) is 10.1. The molecule has 0 atom stereocenters. The number of aromatic nitrogens is 2. The van der Waals surface area contributed by atoms with E-state index < -0.39 is 10.0 Å². The molecule has 0 aliphatic rings. The molecule has 0 unspecified atom stereocenters. The molecule has 0 spiro atoms. The van der Waals surface area contributed by atoms with E-state index in [-0.39, 0.29) is 19.9 Å². The second-order valence-electron chi connectivity index (χ2n) is 4.32. The Labute approximate surface area is 136 Å². The summed E-state index contributed by atoms with van der Waals surface area (Å²) in [5, 5.41) is 0.690. The van der Waals surface area contributed by atoms with E-state index in [0.29, 0.717) is 16.5 Å². The van der Waals surface area contributed by atoms with Crippen molar-refractivity contribution >= 4 is 57.6 Å². The van der Waals surface area contributed by atoms with Crippen LogP contribution < -0.4 is 4.72 Å². The van der Waals surface area contributed by atoms with Gasteiger partial charge in [-0.15, -0.1) is 0 Å². The maximum absolute atomic E-state index is 12.4. The second kappa shape index (κ2) is 5.88. The third-order valence-electron chi connectivity index (χ3n) is 2.92. The summed E-state index contributed by atoms with van der Waals surface area (Å²) in [6.07, 6.45) is 0. The number of alkyl halides is 1. The first kappa shape index (κ1) is 14.7. The number of halogens is 1. The van der Waals surface area contributed by atoms with Crippen LogP contribution in [0.4, 0.5) is 5.69 Å². The number of nitrogens with one attached hydrogen (secondary N) is 1. The van der Waals surface area contributed by atoms with Crippen molar-refractivity contribution in [2.75, 3.05) is 4.72 Å².